The SMILES string of the molecule is N#Cc1ccc(-c2ccc3cc(-c4ccc5c6c(cccc46)-c4ccccc4-5)ccc3c2)cc1. The smallest absolute Gasteiger partial charge is 0.0991 e. The van der Waals surface area contributed by atoms with Crippen molar-refractivity contribution < 1.29 is 0 Å². The molecule has 0 radical (unpaired) electrons. The highest BCUT2D eigenvalue weighted by Gasteiger charge is 2.22. The Morgan fingerprint density at radius 3 is 1.76 bits per heavy atom. The number of hydrogen-bond donors (Lipinski definition) is 0. The average Bonchev–Trinajstić information content (AvgIpc) is 3.24. The fourth-order valence-corrected chi connectivity index (χ4v) is 5.39. The molecule has 1 aliphatic rings. The molecule has 0 spiro atoms. The first-order chi connectivity index (χ1) is 16.8. The van der Waals surface area contributed by atoms with Crippen LogP contribution in [0.4, 0.5) is 0 Å². The van der Waals surface area contributed by atoms with Gasteiger partial charge in [0.1, 0.15) is 0 Å². The summed E-state index contributed by atoms with van der Waals surface area (Å²) in [5.41, 5.74) is 10.8. The standard InChI is InChI=1S/C33H19N/c34-20-21-8-10-22(11-9-21)23-12-13-25-19-26(15-14-24(25)18-23)27-16-17-32-29-5-2-1-4-28(29)31-7-3-6-30(27)33(31)32/h1-19H. The molecule has 0 saturated carbocycles. The van der Waals surface area contributed by atoms with Crippen LogP contribution in [0.1, 0.15) is 5.56 Å². The normalized spacial score (nSPS) is 11.5. The summed E-state index contributed by atoms with van der Waals surface area (Å²) in [6, 6.07) is 43.2. The Morgan fingerprint density at radius 1 is 0.441 bits per heavy atom. The predicted molar refractivity (Wildman–Crippen MR) is 141 cm³/mol. The number of nitriles is 1. The van der Waals surface area contributed by atoms with Gasteiger partial charge in [0, 0.05) is 0 Å². The van der Waals surface area contributed by atoms with Gasteiger partial charge in [-0.05, 0) is 90.3 Å². The molecule has 0 fully saturated rings. The van der Waals surface area contributed by atoms with Crippen molar-refractivity contribution in [3.8, 4) is 50.6 Å². The Hall–Kier alpha value is -4.67. The van der Waals surface area contributed by atoms with Gasteiger partial charge in [-0.1, -0.05) is 91.0 Å². The third-order valence-corrected chi connectivity index (χ3v) is 7.05. The maximum absolute atomic E-state index is 9.06. The molecule has 1 nitrogen and oxygen atoms in total. The number of fused-ring (bicyclic) bond motifs is 4. The first-order valence-corrected chi connectivity index (χ1v) is 11.5. The Balaban J connectivity index is 1.35. The highest BCUT2D eigenvalue weighted by Crippen LogP contribution is 2.49. The van der Waals surface area contributed by atoms with E-state index in [4.69, 9.17) is 5.26 Å². The number of nitrogens with zero attached hydrogens (tertiary/aromatic N) is 1. The molecule has 6 aromatic rings. The molecule has 1 heteroatoms. The Bertz CT molecular complexity index is 1770. The van der Waals surface area contributed by atoms with Crippen molar-refractivity contribution in [2.75, 3.05) is 0 Å². The van der Waals surface area contributed by atoms with Crippen LogP contribution >= 0.6 is 0 Å². The largest absolute Gasteiger partial charge is 0.192 e. The molecule has 7 rings (SSSR count). The maximum Gasteiger partial charge on any atom is 0.0991 e. The summed E-state index contributed by atoms with van der Waals surface area (Å²) < 4.78 is 0. The summed E-state index contributed by atoms with van der Waals surface area (Å²) in [6.45, 7) is 0. The Labute approximate surface area is 198 Å². The van der Waals surface area contributed by atoms with E-state index in [1.807, 2.05) is 24.3 Å². The van der Waals surface area contributed by atoms with Gasteiger partial charge < -0.3 is 0 Å². The lowest BCUT2D eigenvalue weighted by Gasteiger charge is -2.11. The minimum Gasteiger partial charge on any atom is -0.192 e. The van der Waals surface area contributed by atoms with Gasteiger partial charge in [-0.25, -0.2) is 0 Å². The fourth-order valence-electron chi connectivity index (χ4n) is 5.39. The molecule has 1 aliphatic carbocycles. The van der Waals surface area contributed by atoms with Crippen molar-refractivity contribution >= 4 is 21.5 Å². The van der Waals surface area contributed by atoms with E-state index in [-0.39, 0.29) is 0 Å². The monoisotopic (exact) mass is 429 g/mol. The van der Waals surface area contributed by atoms with E-state index in [0.29, 0.717) is 5.56 Å². The highest BCUT2D eigenvalue weighted by atomic mass is 14.2. The quantitative estimate of drug-likeness (QED) is 0.269. The maximum atomic E-state index is 9.06. The molecular formula is C33H19N. The van der Waals surface area contributed by atoms with E-state index < -0.39 is 0 Å². The van der Waals surface area contributed by atoms with Crippen molar-refractivity contribution in [1.29, 1.82) is 5.26 Å². The van der Waals surface area contributed by atoms with Gasteiger partial charge >= 0.3 is 0 Å². The lowest BCUT2D eigenvalue weighted by Crippen LogP contribution is -1.85. The van der Waals surface area contributed by atoms with Crippen LogP contribution in [0.3, 0.4) is 0 Å². The zero-order valence-electron chi connectivity index (χ0n) is 18.4. The van der Waals surface area contributed by atoms with Crippen molar-refractivity contribution in [2.45, 2.75) is 0 Å². The van der Waals surface area contributed by atoms with E-state index in [1.165, 1.54) is 54.9 Å². The van der Waals surface area contributed by atoms with E-state index in [1.54, 1.807) is 0 Å². The number of hydrogen-bond acceptors (Lipinski definition) is 1. The molecule has 0 atom stereocenters. The van der Waals surface area contributed by atoms with Gasteiger partial charge in [-0.3, -0.25) is 0 Å². The molecule has 6 aromatic carbocycles. The third kappa shape index (κ3) is 2.73. The Morgan fingerprint density at radius 2 is 1.03 bits per heavy atom. The first-order valence-electron chi connectivity index (χ1n) is 11.5. The van der Waals surface area contributed by atoms with Crippen LogP contribution in [-0.4, -0.2) is 0 Å². The summed E-state index contributed by atoms with van der Waals surface area (Å²) in [6.07, 6.45) is 0. The van der Waals surface area contributed by atoms with Crippen LogP contribution < -0.4 is 0 Å². The second-order valence-corrected chi connectivity index (χ2v) is 8.90. The molecule has 0 heterocycles. The lowest BCUT2D eigenvalue weighted by molar-refractivity contribution is 1.48. The average molecular weight is 430 g/mol. The Kier molecular flexibility index (Phi) is 3.98. The van der Waals surface area contributed by atoms with Crippen LogP contribution in [0.2, 0.25) is 0 Å². The summed E-state index contributed by atoms with van der Waals surface area (Å²) in [7, 11) is 0. The van der Waals surface area contributed by atoms with Gasteiger partial charge in [0.05, 0.1) is 11.6 Å². The van der Waals surface area contributed by atoms with Crippen LogP contribution in [0.15, 0.2) is 115 Å². The van der Waals surface area contributed by atoms with Crippen LogP contribution in [0.5, 0.6) is 0 Å². The fraction of sp³-hybridized carbons (Fsp3) is 0. The second-order valence-electron chi connectivity index (χ2n) is 8.90. The van der Waals surface area contributed by atoms with E-state index >= 15 is 0 Å². The molecule has 0 unspecified atom stereocenters. The van der Waals surface area contributed by atoms with E-state index in [9.17, 15) is 0 Å². The highest BCUT2D eigenvalue weighted by molar-refractivity contribution is 6.18. The molecule has 0 aromatic heterocycles. The second kappa shape index (κ2) is 7.17. The van der Waals surface area contributed by atoms with Gasteiger partial charge in [-0.2, -0.15) is 5.26 Å². The van der Waals surface area contributed by atoms with Crippen LogP contribution in [-0.2, 0) is 0 Å². The molecule has 156 valence electrons. The molecular weight excluding hydrogens is 410 g/mol. The van der Waals surface area contributed by atoms with Gasteiger partial charge in [0.25, 0.3) is 0 Å². The van der Waals surface area contributed by atoms with Crippen LogP contribution in [0, 0.1) is 11.3 Å². The first kappa shape index (κ1) is 18.9. The zero-order chi connectivity index (χ0) is 22.6. The summed E-state index contributed by atoms with van der Waals surface area (Å²) >= 11 is 0. The molecule has 0 amide bonds. The number of rotatable bonds is 2. The van der Waals surface area contributed by atoms with Gasteiger partial charge in [0.15, 0.2) is 0 Å². The number of benzene rings is 6. The zero-order valence-corrected chi connectivity index (χ0v) is 18.4. The van der Waals surface area contributed by atoms with Crippen molar-refractivity contribution in [2.24, 2.45) is 0 Å². The minimum absolute atomic E-state index is 0.683. The predicted octanol–water partition coefficient (Wildman–Crippen LogP) is 8.85. The van der Waals surface area contributed by atoms with Gasteiger partial charge in [-0.15, -0.1) is 0 Å². The lowest BCUT2D eigenvalue weighted by atomic mass is 9.92. The van der Waals surface area contributed by atoms with Crippen molar-refractivity contribution in [3.63, 3.8) is 0 Å². The molecule has 34 heavy (non-hydrogen) atoms. The molecule has 0 saturated heterocycles. The van der Waals surface area contributed by atoms with Crippen molar-refractivity contribution in [3.05, 3.63) is 121 Å². The minimum atomic E-state index is 0.683. The summed E-state index contributed by atoms with van der Waals surface area (Å²) in [5.74, 6) is 0. The molecule has 0 bridgehead atoms. The molecule has 0 aliphatic heterocycles. The van der Waals surface area contributed by atoms with E-state index in [2.05, 4.69) is 97.1 Å². The summed E-state index contributed by atoms with van der Waals surface area (Å²) in [5, 5.41) is 14.2. The molecule has 0 N–H and O–H groups in total. The topological polar surface area (TPSA) is 23.8 Å². The third-order valence-electron chi connectivity index (χ3n) is 7.05. The summed E-state index contributed by atoms with van der Waals surface area (Å²) in [4.78, 5) is 0. The van der Waals surface area contributed by atoms with Crippen molar-refractivity contribution in [1.82, 2.24) is 0 Å². The van der Waals surface area contributed by atoms with Crippen LogP contribution in [0.25, 0.3) is 66.1 Å². The van der Waals surface area contributed by atoms with E-state index in [0.717, 1.165) is 11.1 Å². The van der Waals surface area contributed by atoms with Gasteiger partial charge in [0.2, 0.25) is 0 Å².